The highest BCUT2D eigenvalue weighted by molar-refractivity contribution is 5.68. The molecule has 4 heteroatoms. The number of piperidine rings is 1. The number of aliphatic hydroxyl groups is 1. The third kappa shape index (κ3) is 4.86. The van der Waals surface area contributed by atoms with Gasteiger partial charge in [-0.2, -0.15) is 0 Å². The van der Waals surface area contributed by atoms with Gasteiger partial charge in [0, 0.05) is 25.1 Å². The largest absolute Gasteiger partial charge is 0.396 e. The zero-order valence-electron chi connectivity index (χ0n) is 17.9. The maximum Gasteiger partial charge on any atom is 0.126 e. The summed E-state index contributed by atoms with van der Waals surface area (Å²) in [7, 11) is 0. The van der Waals surface area contributed by atoms with Gasteiger partial charge in [-0.3, -0.25) is 0 Å². The van der Waals surface area contributed by atoms with Gasteiger partial charge in [0.15, 0.2) is 0 Å². The zero-order valence-corrected chi connectivity index (χ0v) is 17.9. The van der Waals surface area contributed by atoms with Crippen molar-refractivity contribution in [2.75, 3.05) is 19.7 Å². The predicted octanol–water partition coefficient (Wildman–Crippen LogP) is 5.73. The highest BCUT2D eigenvalue weighted by atomic mass is 19.1. The van der Waals surface area contributed by atoms with Gasteiger partial charge in [-0.1, -0.05) is 42.5 Å². The summed E-state index contributed by atoms with van der Waals surface area (Å²) in [4.78, 5) is 0. The molecule has 0 saturated carbocycles. The van der Waals surface area contributed by atoms with Gasteiger partial charge in [-0.15, -0.1) is 0 Å². The average Bonchev–Trinajstić information content (AvgIpc) is 2.77. The molecule has 4 rings (SSSR count). The average molecular weight is 422 g/mol. The second-order valence-corrected chi connectivity index (χ2v) is 8.46. The monoisotopic (exact) mass is 421 g/mol. The second kappa shape index (κ2) is 9.71. The van der Waals surface area contributed by atoms with Crippen LogP contribution in [0.25, 0.3) is 11.1 Å². The molecule has 0 radical (unpaired) electrons. The molecule has 2 N–H and O–H groups in total. The second-order valence-electron chi connectivity index (χ2n) is 8.46. The van der Waals surface area contributed by atoms with Gasteiger partial charge in [0.05, 0.1) is 0 Å². The molecule has 1 fully saturated rings. The van der Waals surface area contributed by atoms with Crippen LogP contribution in [0.5, 0.6) is 0 Å². The lowest BCUT2D eigenvalue weighted by molar-refractivity contribution is 0.288. The Morgan fingerprint density at radius 3 is 2.48 bits per heavy atom. The van der Waals surface area contributed by atoms with Crippen molar-refractivity contribution in [3.05, 3.63) is 94.6 Å². The molecule has 0 amide bonds. The van der Waals surface area contributed by atoms with Crippen LogP contribution in [-0.2, 0) is 6.42 Å². The molecule has 1 heterocycles. The first kappa shape index (κ1) is 21.7. The number of hydrogen-bond acceptors (Lipinski definition) is 2. The quantitative estimate of drug-likeness (QED) is 0.533. The Morgan fingerprint density at radius 1 is 0.968 bits per heavy atom. The van der Waals surface area contributed by atoms with Crippen molar-refractivity contribution in [3.63, 3.8) is 0 Å². The van der Waals surface area contributed by atoms with Gasteiger partial charge >= 0.3 is 0 Å². The molecular weight excluding hydrogens is 392 g/mol. The summed E-state index contributed by atoms with van der Waals surface area (Å²) in [5.74, 6) is -0.792. The van der Waals surface area contributed by atoms with E-state index in [1.165, 1.54) is 34.4 Å². The maximum atomic E-state index is 13.9. The molecule has 3 aromatic carbocycles. The van der Waals surface area contributed by atoms with Crippen molar-refractivity contribution in [2.45, 2.75) is 38.0 Å². The molecule has 0 bridgehead atoms. The Kier molecular flexibility index (Phi) is 6.79. The highest BCUT2D eigenvalue weighted by Gasteiger charge is 2.29. The van der Waals surface area contributed by atoms with Crippen LogP contribution in [-0.4, -0.2) is 24.8 Å². The summed E-state index contributed by atoms with van der Waals surface area (Å²) in [5.41, 5.74) is 6.73. The van der Waals surface area contributed by atoms with E-state index < -0.39 is 11.6 Å². The van der Waals surface area contributed by atoms with Gasteiger partial charge in [0.2, 0.25) is 0 Å². The van der Waals surface area contributed by atoms with Crippen LogP contribution >= 0.6 is 0 Å². The molecule has 2 nitrogen and oxygen atoms in total. The van der Waals surface area contributed by atoms with Crippen molar-refractivity contribution in [2.24, 2.45) is 0 Å². The van der Waals surface area contributed by atoms with Gasteiger partial charge in [0.1, 0.15) is 11.6 Å². The fourth-order valence-corrected chi connectivity index (χ4v) is 4.92. The molecule has 1 saturated heterocycles. The number of hydrogen-bond donors (Lipinski definition) is 2. The normalized spacial score (nSPS) is 18.8. The van der Waals surface area contributed by atoms with E-state index in [9.17, 15) is 13.9 Å². The first-order chi connectivity index (χ1) is 15.1. The van der Waals surface area contributed by atoms with Gasteiger partial charge in [0.25, 0.3) is 0 Å². The molecule has 1 aliphatic heterocycles. The van der Waals surface area contributed by atoms with E-state index in [1.807, 2.05) is 12.1 Å². The summed E-state index contributed by atoms with van der Waals surface area (Å²) in [6.45, 7) is 3.93. The standard InChI is InChI=1S/C27H29F2NO/c1-18-13-20(25-7-3-2-5-19(25)6-4-12-31)8-9-24(18)27-17-30-11-10-26(27)21-14-22(28)16-23(29)15-21/h2-3,5,7-9,13-16,26-27,30-31H,4,6,10-12,17H2,1H3/t26?,27-/m1/s1. The number of aryl methyl sites for hydroxylation is 2. The van der Waals surface area contributed by atoms with Crippen molar-refractivity contribution in [1.29, 1.82) is 0 Å². The minimum atomic E-state index is -0.515. The van der Waals surface area contributed by atoms with E-state index in [0.717, 1.165) is 49.5 Å². The van der Waals surface area contributed by atoms with E-state index in [4.69, 9.17) is 0 Å². The van der Waals surface area contributed by atoms with Crippen LogP contribution in [0.3, 0.4) is 0 Å². The minimum absolute atomic E-state index is 0.0767. The van der Waals surface area contributed by atoms with Gasteiger partial charge in [-0.25, -0.2) is 8.78 Å². The topological polar surface area (TPSA) is 32.3 Å². The van der Waals surface area contributed by atoms with Crippen LogP contribution in [0, 0.1) is 18.6 Å². The van der Waals surface area contributed by atoms with Crippen molar-refractivity contribution >= 4 is 0 Å². The molecule has 0 aromatic heterocycles. The lowest BCUT2D eigenvalue weighted by Gasteiger charge is -2.34. The predicted molar refractivity (Wildman–Crippen MR) is 121 cm³/mol. The van der Waals surface area contributed by atoms with Gasteiger partial charge < -0.3 is 10.4 Å². The number of halogens is 2. The summed E-state index contributed by atoms with van der Waals surface area (Å²) in [5, 5.41) is 12.7. The summed E-state index contributed by atoms with van der Waals surface area (Å²) in [6.07, 6.45) is 2.43. The summed E-state index contributed by atoms with van der Waals surface area (Å²) in [6, 6.07) is 18.8. The molecule has 0 spiro atoms. The Bertz CT molecular complexity index is 1030. The molecule has 2 atom stereocenters. The van der Waals surface area contributed by atoms with E-state index in [1.54, 1.807) is 0 Å². The van der Waals surface area contributed by atoms with E-state index in [0.29, 0.717) is 0 Å². The SMILES string of the molecule is Cc1cc(-c2ccccc2CCCO)ccc1[C@H]1CNCCC1c1cc(F)cc(F)c1. The lowest BCUT2D eigenvalue weighted by atomic mass is 9.75. The first-order valence-electron chi connectivity index (χ1n) is 11.0. The molecule has 0 aliphatic carbocycles. The molecule has 3 aromatic rings. The maximum absolute atomic E-state index is 13.9. The minimum Gasteiger partial charge on any atom is -0.396 e. The van der Waals surface area contributed by atoms with E-state index in [2.05, 4.69) is 42.6 Å². The van der Waals surface area contributed by atoms with Crippen molar-refractivity contribution in [1.82, 2.24) is 5.32 Å². The Morgan fingerprint density at radius 2 is 1.74 bits per heavy atom. The van der Waals surface area contributed by atoms with E-state index >= 15 is 0 Å². The van der Waals surface area contributed by atoms with Gasteiger partial charge in [-0.05, 0) is 84.2 Å². The van der Waals surface area contributed by atoms with Crippen LogP contribution in [0.15, 0.2) is 60.7 Å². The first-order valence-corrected chi connectivity index (χ1v) is 11.0. The molecule has 162 valence electrons. The van der Waals surface area contributed by atoms with Crippen molar-refractivity contribution < 1.29 is 13.9 Å². The third-order valence-corrected chi connectivity index (χ3v) is 6.40. The Hall–Kier alpha value is -2.56. The van der Waals surface area contributed by atoms with Crippen LogP contribution in [0.1, 0.15) is 46.9 Å². The lowest BCUT2D eigenvalue weighted by Crippen LogP contribution is -2.34. The Labute approximate surface area is 182 Å². The fraction of sp³-hybridized carbons (Fsp3) is 0.333. The zero-order chi connectivity index (χ0) is 21.8. The fourth-order valence-electron chi connectivity index (χ4n) is 4.92. The molecular formula is C27H29F2NO. The summed E-state index contributed by atoms with van der Waals surface area (Å²) >= 11 is 0. The molecule has 1 unspecified atom stereocenters. The van der Waals surface area contributed by atoms with Crippen LogP contribution in [0.4, 0.5) is 8.78 Å². The number of benzene rings is 3. The van der Waals surface area contributed by atoms with Crippen molar-refractivity contribution in [3.8, 4) is 11.1 Å². The Balaban J connectivity index is 1.67. The van der Waals surface area contributed by atoms with Crippen LogP contribution < -0.4 is 5.32 Å². The molecule has 1 aliphatic rings. The smallest absolute Gasteiger partial charge is 0.126 e. The van der Waals surface area contributed by atoms with Crippen LogP contribution in [0.2, 0.25) is 0 Å². The highest BCUT2D eigenvalue weighted by Crippen LogP contribution is 2.40. The third-order valence-electron chi connectivity index (χ3n) is 6.40. The number of aliphatic hydroxyl groups excluding tert-OH is 1. The van der Waals surface area contributed by atoms with E-state index in [-0.39, 0.29) is 18.4 Å². The summed E-state index contributed by atoms with van der Waals surface area (Å²) < 4.78 is 27.8. The number of rotatable bonds is 6. The number of nitrogens with one attached hydrogen (secondary N) is 1. The molecule has 31 heavy (non-hydrogen) atoms.